The van der Waals surface area contributed by atoms with Gasteiger partial charge >= 0.3 is 0 Å². The molecule has 0 spiro atoms. The van der Waals surface area contributed by atoms with Crippen LogP contribution >= 0.6 is 0 Å². The molecule has 0 aliphatic heterocycles. The maximum absolute atomic E-state index is 12.5. The second-order valence-corrected chi connectivity index (χ2v) is 6.59. The number of carbonyl (C=O) groups excluding carboxylic acids is 1. The van der Waals surface area contributed by atoms with Crippen LogP contribution in [0.4, 0.5) is 0 Å². The standard InChI is InChI=1S/C20H16N4O3/c25-19(22-10-14-3-1-2-8-21-14)13-6-7-17-15(9-13)18(24-27-17)16-11-26-20(23-16)12-4-5-12/h1-3,6-9,11-12H,4-5,10H2,(H,22,25). The number of nitrogens with one attached hydrogen (secondary N) is 1. The predicted octanol–water partition coefficient (Wildman–Crippen LogP) is 3.69. The van der Waals surface area contributed by atoms with Crippen LogP contribution in [0.25, 0.3) is 22.4 Å². The van der Waals surface area contributed by atoms with Gasteiger partial charge in [-0.1, -0.05) is 11.2 Å². The van der Waals surface area contributed by atoms with Crippen molar-refractivity contribution in [1.29, 1.82) is 0 Å². The Balaban J connectivity index is 1.41. The van der Waals surface area contributed by atoms with Gasteiger partial charge in [-0.2, -0.15) is 0 Å². The third-order valence-electron chi connectivity index (χ3n) is 4.58. The first-order valence-electron chi connectivity index (χ1n) is 8.81. The van der Waals surface area contributed by atoms with Crippen molar-refractivity contribution in [3.05, 3.63) is 66.0 Å². The number of pyridine rings is 1. The number of carbonyl (C=O) groups is 1. The van der Waals surface area contributed by atoms with Crippen molar-refractivity contribution < 1.29 is 13.7 Å². The molecule has 1 fully saturated rings. The van der Waals surface area contributed by atoms with E-state index in [2.05, 4.69) is 20.4 Å². The van der Waals surface area contributed by atoms with Crippen molar-refractivity contribution in [3.8, 4) is 11.4 Å². The van der Waals surface area contributed by atoms with E-state index in [1.54, 1.807) is 30.7 Å². The molecule has 1 aromatic carbocycles. The Morgan fingerprint density at radius 2 is 2.15 bits per heavy atom. The lowest BCUT2D eigenvalue weighted by molar-refractivity contribution is 0.0950. The third-order valence-corrected chi connectivity index (χ3v) is 4.58. The molecule has 5 rings (SSSR count). The minimum atomic E-state index is -0.187. The summed E-state index contributed by atoms with van der Waals surface area (Å²) in [4.78, 5) is 21.2. The Hall–Kier alpha value is -3.48. The molecule has 4 aromatic rings. The van der Waals surface area contributed by atoms with Crippen molar-refractivity contribution >= 4 is 16.9 Å². The lowest BCUT2D eigenvalue weighted by Crippen LogP contribution is -2.23. The molecule has 1 aliphatic carbocycles. The lowest BCUT2D eigenvalue weighted by Gasteiger charge is -2.04. The van der Waals surface area contributed by atoms with Crippen molar-refractivity contribution in [1.82, 2.24) is 20.4 Å². The fourth-order valence-electron chi connectivity index (χ4n) is 2.95. The zero-order chi connectivity index (χ0) is 18.2. The zero-order valence-electron chi connectivity index (χ0n) is 14.4. The second-order valence-electron chi connectivity index (χ2n) is 6.59. The second kappa shape index (κ2) is 6.35. The predicted molar refractivity (Wildman–Crippen MR) is 96.9 cm³/mol. The molecule has 0 saturated heterocycles. The van der Waals surface area contributed by atoms with Crippen LogP contribution in [0.15, 0.2) is 57.8 Å². The molecule has 1 saturated carbocycles. The van der Waals surface area contributed by atoms with Crippen molar-refractivity contribution in [2.45, 2.75) is 25.3 Å². The molecular weight excluding hydrogens is 344 g/mol. The molecule has 7 heteroatoms. The number of benzene rings is 1. The van der Waals surface area contributed by atoms with Crippen molar-refractivity contribution in [2.75, 3.05) is 0 Å². The lowest BCUT2D eigenvalue weighted by atomic mass is 10.1. The number of hydrogen-bond acceptors (Lipinski definition) is 6. The summed E-state index contributed by atoms with van der Waals surface area (Å²) in [6, 6.07) is 10.8. The summed E-state index contributed by atoms with van der Waals surface area (Å²) in [5.41, 5.74) is 3.13. The first-order chi connectivity index (χ1) is 13.3. The van der Waals surface area contributed by atoms with Crippen molar-refractivity contribution in [3.63, 3.8) is 0 Å². The van der Waals surface area contributed by atoms with Crippen LogP contribution in [0.2, 0.25) is 0 Å². The molecule has 3 aromatic heterocycles. The van der Waals surface area contributed by atoms with E-state index in [0.29, 0.717) is 35.0 Å². The third kappa shape index (κ3) is 3.08. The van der Waals surface area contributed by atoms with Crippen LogP contribution in [0.3, 0.4) is 0 Å². The van der Waals surface area contributed by atoms with E-state index in [1.165, 1.54) is 0 Å². The monoisotopic (exact) mass is 360 g/mol. The topological polar surface area (TPSA) is 94.1 Å². The Kier molecular flexibility index (Phi) is 3.71. The highest BCUT2D eigenvalue weighted by Gasteiger charge is 2.29. The van der Waals surface area contributed by atoms with Gasteiger partial charge in [0.15, 0.2) is 11.5 Å². The number of aromatic nitrogens is 3. The van der Waals surface area contributed by atoms with Gasteiger partial charge in [0.1, 0.15) is 17.7 Å². The summed E-state index contributed by atoms with van der Waals surface area (Å²) in [6.07, 6.45) is 5.52. The summed E-state index contributed by atoms with van der Waals surface area (Å²) in [7, 11) is 0. The van der Waals surface area contributed by atoms with E-state index in [-0.39, 0.29) is 5.91 Å². The van der Waals surface area contributed by atoms with Gasteiger partial charge in [0.25, 0.3) is 5.91 Å². The molecule has 27 heavy (non-hydrogen) atoms. The average Bonchev–Trinajstić information content (AvgIpc) is 3.29. The van der Waals surface area contributed by atoms with Gasteiger partial charge in [0, 0.05) is 17.7 Å². The van der Waals surface area contributed by atoms with Gasteiger partial charge in [0.05, 0.1) is 17.6 Å². The Labute approximate surface area is 154 Å². The number of nitrogens with zero attached hydrogens (tertiary/aromatic N) is 3. The highest BCUT2D eigenvalue weighted by atomic mass is 16.5. The largest absolute Gasteiger partial charge is 0.448 e. The summed E-state index contributed by atoms with van der Waals surface area (Å²) < 4.78 is 10.9. The molecule has 0 atom stereocenters. The highest BCUT2D eigenvalue weighted by molar-refractivity contribution is 6.00. The maximum atomic E-state index is 12.5. The van der Waals surface area contributed by atoms with E-state index in [0.717, 1.165) is 29.8 Å². The van der Waals surface area contributed by atoms with Crippen LogP contribution in [0.5, 0.6) is 0 Å². The molecule has 3 heterocycles. The van der Waals surface area contributed by atoms with E-state index in [4.69, 9.17) is 8.94 Å². The molecule has 134 valence electrons. The van der Waals surface area contributed by atoms with Crippen molar-refractivity contribution in [2.24, 2.45) is 0 Å². The fourth-order valence-corrected chi connectivity index (χ4v) is 2.95. The number of rotatable bonds is 5. The highest BCUT2D eigenvalue weighted by Crippen LogP contribution is 2.40. The summed E-state index contributed by atoms with van der Waals surface area (Å²) in [6.45, 7) is 0.363. The quantitative estimate of drug-likeness (QED) is 0.583. The van der Waals surface area contributed by atoms with Gasteiger partial charge in [-0.05, 0) is 43.2 Å². The van der Waals surface area contributed by atoms with Crippen LogP contribution in [0, 0.1) is 0 Å². The maximum Gasteiger partial charge on any atom is 0.251 e. The molecule has 0 radical (unpaired) electrons. The van der Waals surface area contributed by atoms with Gasteiger partial charge < -0.3 is 14.3 Å². The minimum absolute atomic E-state index is 0.187. The van der Waals surface area contributed by atoms with Crippen LogP contribution in [0.1, 0.15) is 40.7 Å². The SMILES string of the molecule is O=C(NCc1ccccn1)c1ccc2onc(-c3coc(C4CC4)n3)c2c1. The van der Waals surface area contributed by atoms with Gasteiger partial charge in [-0.25, -0.2) is 4.98 Å². The van der Waals surface area contributed by atoms with Gasteiger partial charge in [-0.3, -0.25) is 9.78 Å². The smallest absolute Gasteiger partial charge is 0.251 e. The number of oxazole rings is 1. The summed E-state index contributed by atoms with van der Waals surface area (Å²) in [5, 5.41) is 7.72. The molecule has 1 aliphatic rings. The fraction of sp³-hybridized carbons (Fsp3) is 0.200. The van der Waals surface area contributed by atoms with E-state index < -0.39 is 0 Å². The Morgan fingerprint density at radius 1 is 1.22 bits per heavy atom. The van der Waals surface area contributed by atoms with Crippen LogP contribution in [-0.2, 0) is 6.54 Å². The van der Waals surface area contributed by atoms with E-state index in [9.17, 15) is 4.79 Å². The number of hydrogen-bond donors (Lipinski definition) is 1. The Bertz CT molecular complexity index is 1110. The Morgan fingerprint density at radius 3 is 2.96 bits per heavy atom. The summed E-state index contributed by atoms with van der Waals surface area (Å²) in [5.74, 6) is 0.976. The first kappa shape index (κ1) is 15.7. The zero-order valence-corrected chi connectivity index (χ0v) is 14.4. The van der Waals surface area contributed by atoms with E-state index >= 15 is 0 Å². The molecule has 1 amide bonds. The molecule has 0 unspecified atom stereocenters. The van der Waals surface area contributed by atoms with Gasteiger partial charge in [0.2, 0.25) is 0 Å². The van der Waals surface area contributed by atoms with Crippen LogP contribution in [-0.4, -0.2) is 21.0 Å². The number of amides is 1. The van der Waals surface area contributed by atoms with E-state index in [1.807, 2.05) is 18.2 Å². The molecule has 7 nitrogen and oxygen atoms in total. The molecular formula is C20H16N4O3. The minimum Gasteiger partial charge on any atom is -0.448 e. The molecule has 1 N–H and O–H groups in total. The van der Waals surface area contributed by atoms with Gasteiger partial charge in [-0.15, -0.1) is 0 Å². The van der Waals surface area contributed by atoms with Crippen LogP contribution < -0.4 is 5.32 Å². The number of fused-ring (bicyclic) bond motifs is 1. The summed E-state index contributed by atoms with van der Waals surface area (Å²) >= 11 is 0. The first-order valence-corrected chi connectivity index (χ1v) is 8.81. The normalized spacial score (nSPS) is 13.8. The molecule has 0 bridgehead atoms. The average molecular weight is 360 g/mol.